The molecule has 1 atom stereocenters. The molecule has 2 aromatic carbocycles. The van der Waals surface area contributed by atoms with E-state index in [2.05, 4.69) is 11.4 Å². The zero-order valence-corrected chi connectivity index (χ0v) is 15.7. The Balaban J connectivity index is 1.59. The zero-order valence-electron chi connectivity index (χ0n) is 15.7. The first-order chi connectivity index (χ1) is 13.0. The van der Waals surface area contributed by atoms with Crippen molar-refractivity contribution in [3.05, 3.63) is 58.7 Å². The first-order valence-electron chi connectivity index (χ1n) is 9.44. The molecule has 4 rings (SSSR count). The van der Waals surface area contributed by atoms with Crippen molar-refractivity contribution in [2.24, 2.45) is 5.92 Å². The van der Waals surface area contributed by atoms with Gasteiger partial charge in [0.25, 0.3) is 5.91 Å². The van der Waals surface area contributed by atoms with Crippen LogP contribution in [0.15, 0.2) is 36.4 Å². The number of aryl methyl sites for hydroxylation is 1. The number of amides is 1. The Morgan fingerprint density at radius 2 is 2.07 bits per heavy atom. The lowest BCUT2D eigenvalue weighted by molar-refractivity contribution is 0.0235. The molecule has 142 valence electrons. The van der Waals surface area contributed by atoms with Crippen LogP contribution in [0, 0.1) is 12.8 Å². The predicted octanol–water partition coefficient (Wildman–Crippen LogP) is 3.18. The smallest absolute Gasteiger partial charge is 0.252 e. The maximum absolute atomic E-state index is 13.0. The van der Waals surface area contributed by atoms with E-state index in [1.165, 1.54) is 5.56 Å². The highest BCUT2D eigenvalue weighted by atomic mass is 16.5. The maximum atomic E-state index is 13.0. The molecule has 2 aromatic rings. The van der Waals surface area contributed by atoms with Crippen LogP contribution in [0.3, 0.4) is 0 Å². The molecule has 1 amide bonds. The molecule has 5 nitrogen and oxygen atoms in total. The molecule has 1 aliphatic carbocycles. The van der Waals surface area contributed by atoms with Crippen LogP contribution in [0.2, 0.25) is 0 Å². The number of benzene rings is 2. The molecule has 0 aromatic heterocycles. The fraction of sp³-hybridized carbons (Fsp3) is 0.409. The number of nitrogens with one attached hydrogen (secondary N) is 1. The van der Waals surface area contributed by atoms with Crippen molar-refractivity contribution in [3.63, 3.8) is 0 Å². The second-order valence-corrected chi connectivity index (χ2v) is 7.48. The summed E-state index contributed by atoms with van der Waals surface area (Å²) in [6.45, 7) is 2.62. The van der Waals surface area contributed by atoms with E-state index < -0.39 is 0 Å². The van der Waals surface area contributed by atoms with Gasteiger partial charge in [-0.2, -0.15) is 0 Å². The number of aliphatic hydroxyl groups excluding tert-OH is 1. The van der Waals surface area contributed by atoms with Crippen LogP contribution in [0.25, 0.3) is 0 Å². The summed E-state index contributed by atoms with van der Waals surface area (Å²) in [4.78, 5) is 13.0. The highest BCUT2D eigenvalue weighted by Crippen LogP contribution is 2.40. The minimum Gasteiger partial charge on any atom is -0.497 e. The maximum Gasteiger partial charge on any atom is 0.252 e. The molecule has 5 heteroatoms. The summed E-state index contributed by atoms with van der Waals surface area (Å²) in [5, 5.41) is 13.0. The Hall–Kier alpha value is -2.53. The number of hydrogen-bond donors (Lipinski definition) is 2. The number of aliphatic hydroxyl groups is 1. The first kappa shape index (κ1) is 17.9. The fourth-order valence-electron chi connectivity index (χ4n) is 4.01. The van der Waals surface area contributed by atoms with Crippen LogP contribution in [0.4, 0.5) is 0 Å². The quantitative estimate of drug-likeness (QED) is 0.852. The molecule has 0 saturated heterocycles. The molecule has 1 aliphatic heterocycles. The molecule has 1 fully saturated rings. The van der Waals surface area contributed by atoms with E-state index in [0.717, 1.165) is 29.0 Å². The van der Waals surface area contributed by atoms with E-state index in [4.69, 9.17) is 9.47 Å². The monoisotopic (exact) mass is 367 g/mol. The van der Waals surface area contributed by atoms with Gasteiger partial charge in [0.1, 0.15) is 11.5 Å². The van der Waals surface area contributed by atoms with Crippen LogP contribution in [-0.2, 0) is 6.42 Å². The van der Waals surface area contributed by atoms with E-state index >= 15 is 0 Å². The summed E-state index contributed by atoms with van der Waals surface area (Å²) >= 11 is 0. The lowest BCUT2D eigenvalue weighted by Crippen LogP contribution is -2.41. The molecule has 0 spiro atoms. The summed E-state index contributed by atoms with van der Waals surface area (Å²) in [5.74, 6) is 1.81. The first-order valence-corrected chi connectivity index (χ1v) is 9.44. The van der Waals surface area contributed by atoms with Crippen molar-refractivity contribution in [2.75, 3.05) is 13.7 Å². The SMILES string of the molecule is COc1ccc(C(=O)N[C@@H](c2ccc3c(c2)CCO3)C2CC(O)C2)c(C)c1. The summed E-state index contributed by atoms with van der Waals surface area (Å²) in [5.41, 5.74) is 3.79. The van der Waals surface area contributed by atoms with Crippen LogP contribution >= 0.6 is 0 Å². The minimum atomic E-state index is -0.269. The van der Waals surface area contributed by atoms with E-state index in [0.29, 0.717) is 25.0 Å². The number of fused-ring (bicyclic) bond motifs is 1. The van der Waals surface area contributed by atoms with E-state index in [9.17, 15) is 9.90 Å². The molecular weight excluding hydrogens is 342 g/mol. The van der Waals surface area contributed by atoms with E-state index in [1.807, 2.05) is 25.1 Å². The van der Waals surface area contributed by atoms with Crippen molar-refractivity contribution in [1.29, 1.82) is 0 Å². The Kier molecular flexibility index (Phi) is 4.79. The van der Waals surface area contributed by atoms with Crippen molar-refractivity contribution in [1.82, 2.24) is 5.32 Å². The lowest BCUT2D eigenvalue weighted by Gasteiger charge is -2.38. The van der Waals surface area contributed by atoms with Gasteiger partial charge in [-0.15, -0.1) is 0 Å². The van der Waals surface area contributed by atoms with E-state index in [1.54, 1.807) is 19.2 Å². The molecule has 2 aliphatic rings. The number of hydrogen-bond acceptors (Lipinski definition) is 4. The molecule has 2 N–H and O–H groups in total. The van der Waals surface area contributed by atoms with Gasteiger partial charge in [0.2, 0.25) is 0 Å². The molecule has 1 heterocycles. The van der Waals surface area contributed by atoms with Gasteiger partial charge in [-0.3, -0.25) is 4.79 Å². The third-order valence-corrected chi connectivity index (χ3v) is 5.66. The number of carbonyl (C=O) groups excluding carboxylic acids is 1. The average Bonchev–Trinajstić information content (AvgIpc) is 3.11. The number of carbonyl (C=O) groups is 1. The Morgan fingerprint density at radius 3 is 2.78 bits per heavy atom. The second-order valence-electron chi connectivity index (χ2n) is 7.48. The van der Waals surface area contributed by atoms with Crippen molar-refractivity contribution < 1.29 is 19.4 Å². The molecular formula is C22H25NO4. The third-order valence-electron chi connectivity index (χ3n) is 5.66. The molecule has 0 radical (unpaired) electrons. The summed E-state index contributed by atoms with van der Waals surface area (Å²) in [6.07, 6.45) is 2.05. The normalized spacial score (nSPS) is 21.6. The number of ether oxygens (including phenoxy) is 2. The van der Waals surface area contributed by atoms with Gasteiger partial charge in [0.15, 0.2) is 0 Å². The summed E-state index contributed by atoms with van der Waals surface area (Å²) in [7, 11) is 1.62. The summed E-state index contributed by atoms with van der Waals surface area (Å²) < 4.78 is 10.8. The van der Waals surface area contributed by atoms with E-state index in [-0.39, 0.29) is 24.0 Å². The molecule has 0 bridgehead atoms. The van der Waals surface area contributed by atoms with Crippen LogP contribution in [0.1, 0.15) is 45.9 Å². The van der Waals surface area contributed by atoms with Gasteiger partial charge >= 0.3 is 0 Å². The lowest BCUT2D eigenvalue weighted by atomic mass is 9.74. The standard InChI is InChI=1S/C22H25NO4/c1-13-9-18(26-2)4-5-19(13)22(25)23-21(16-11-17(24)12-16)15-3-6-20-14(10-15)7-8-27-20/h3-6,9-10,16-17,21,24H,7-8,11-12H2,1-2H3,(H,23,25)/t16?,17?,21-/m0/s1. The van der Waals surface area contributed by atoms with Gasteiger partial charge in [-0.1, -0.05) is 6.07 Å². The van der Waals surface area contributed by atoms with Crippen LogP contribution in [-0.4, -0.2) is 30.8 Å². The Bertz CT molecular complexity index is 857. The summed E-state index contributed by atoms with van der Waals surface area (Å²) in [6, 6.07) is 11.5. The van der Waals surface area contributed by atoms with Gasteiger partial charge in [0, 0.05) is 12.0 Å². The topological polar surface area (TPSA) is 67.8 Å². The van der Waals surface area contributed by atoms with Gasteiger partial charge in [-0.05, 0) is 72.7 Å². The van der Waals surface area contributed by atoms with Crippen molar-refractivity contribution >= 4 is 5.91 Å². The Labute approximate surface area is 159 Å². The number of rotatable bonds is 5. The predicted molar refractivity (Wildman–Crippen MR) is 102 cm³/mol. The molecule has 1 saturated carbocycles. The second kappa shape index (κ2) is 7.24. The van der Waals surface area contributed by atoms with Gasteiger partial charge < -0.3 is 19.9 Å². The molecule has 27 heavy (non-hydrogen) atoms. The molecule has 0 unspecified atom stereocenters. The third kappa shape index (κ3) is 3.52. The Morgan fingerprint density at radius 1 is 1.26 bits per heavy atom. The zero-order chi connectivity index (χ0) is 19.0. The van der Waals surface area contributed by atoms with Gasteiger partial charge in [-0.25, -0.2) is 0 Å². The highest BCUT2D eigenvalue weighted by Gasteiger charge is 2.36. The van der Waals surface area contributed by atoms with Crippen molar-refractivity contribution in [3.8, 4) is 11.5 Å². The highest BCUT2D eigenvalue weighted by molar-refractivity contribution is 5.96. The van der Waals surface area contributed by atoms with Crippen LogP contribution < -0.4 is 14.8 Å². The average molecular weight is 367 g/mol. The number of methoxy groups -OCH3 is 1. The largest absolute Gasteiger partial charge is 0.497 e. The van der Waals surface area contributed by atoms with Crippen molar-refractivity contribution in [2.45, 2.75) is 38.3 Å². The fourth-order valence-corrected chi connectivity index (χ4v) is 4.01. The van der Waals surface area contributed by atoms with Crippen LogP contribution in [0.5, 0.6) is 11.5 Å². The van der Waals surface area contributed by atoms with Gasteiger partial charge in [0.05, 0.1) is 25.9 Å². The minimum absolute atomic E-state index is 0.0988.